The monoisotopic (exact) mass is 340 g/mol. The minimum absolute atomic E-state index is 0.0280. The third-order valence-electron chi connectivity index (χ3n) is 3.80. The Labute approximate surface area is 142 Å². The summed E-state index contributed by atoms with van der Waals surface area (Å²) in [6.45, 7) is 5.53. The van der Waals surface area contributed by atoms with Crippen LogP contribution in [0.15, 0.2) is 45.6 Å². The lowest BCUT2D eigenvalue weighted by Crippen LogP contribution is -2.04. The molecule has 6 heteroatoms. The number of hydrogen-bond acceptors (Lipinski definition) is 6. The Balaban J connectivity index is 2.51. The highest BCUT2D eigenvalue weighted by atomic mass is 16.5. The van der Waals surface area contributed by atoms with E-state index < -0.39 is 5.43 Å². The van der Waals surface area contributed by atoms with E-state index in [2.05, 4.69) is 6.58 Å². The fraction of sp³-hybridized carbons (Fsp3) is 0.105. The first-order chi connectivity index (χ1) is 11.8. The number of phenols is 3. The largest absolute Gasteiger partial charge is 0.507 e. The molecule has 0 aliphatic heterocycles. The van der Waals surface area contributed by atoms with Crippen molar-refractivity contribution < 1.29 is 24.5 Å². The first-order valence-corrected chi connectivity index (χ1v) is 7.40. The van der Waals surface area contributed by atoms with Gasteiger partial charge in [0.05, 0.1) is 12.7 Å². The van der Waals surface area contributed by atoms with E-state index in [4.69, 9.17) is 9.15 Å². The fourth-order valence-electron chi connectivity index (χ4n) is 2.61. The molecule has 0 fully saturated rings. The second-order valence-electron chi connectivity index (χ2n) is 5.63. The van der Waals surface area contributed by atoms with Gasteiger partial charge >= 0.3 is 0 Å². The van der Waals surface area contributed by atoms with E-state index in [-0.39, 0.29) is 50.5 Å². The molecule has 0 saturated heterocycles. The number of fused-ring (bicyclic) bond motifs is 2. The number of ether oxygens (including phenoxy) is 1. The molecule has 25 heavy (non-hydrogen) atoms. The van der Waals surface area contributed by atoms with Crippen molar-refractivity contribution in [1.29, 1.82) is 0 Å². The summed E-state index contributed by atoms with van der Waals surface area (Å²) in [6.07, 6.45) is 3.23. The number of hydrogen-bond donors (Lipinski definition) is 3. The van der Waals surface area contributed by atoms with Crippen LogP contribution in [0.4, 0.5) is 0 Å². The molecule has 3 rings (SSSR count). The van der Waals surface area contributed by atoms with E-state index in [1.807, 2.05) is 0 Å². The molecule has 3 aromatic rings. The normalized spacial score (nSPS) is 11.4. The summed E-state index contributed by atoms with van der Waals surface area (Å²) >= 11 is 0. The van der Waals surface area contributed by atoms with Crippen LogP contribution in [-0.2, 0) is 0 Å². The average Bonchev–Trinajstić information content (AvgIpc) is 2.56. The van der Waals surface area contributed by atoms with Crippen LogP contribution >= 0.6 is 0 Å². The SMILES string of the molecule is C=C(C)C=Cc1c(OC)cc2oc3c(O)ccc(O)c3c(=O)c2c1O. The molecule has 1 aromatic heterocycles. The lowest BCUT2D eigenvalue weighted by Gasteiger charge is -2.11. The number of rotatable bonds is 3. The highest BCUT2D eigenvalue weighted by molar-refractivity contribution is 6.00. The van der Waals surface area contributed by atoms with Crippen molar-refractivity contribution in [2.45, 2.75) is 6.92 Å². The molecule has 0 aliphatic carbocycles. The molecular formula is C19H16O6. The Morgan fingerprint density at radius 1 is 1.20 bits per heavy atom. The standard InChI is InChI=1S/C19H16O6/c1-9(2)4-5-10-13(24-3)8-14-16(17(10)22)18(23)15-11(20)6-7-12(21)19(15)25-14/h4-8,20-22H,1H2,2-3H3. The third kappa shape index (κ3) is 2.57. The molecule has 0 bridgehead atoms. The zero-order valence-corrected chi connectivity index (χ0v) is 13.7. The Kier molecular flexibility index (Phi) is 3.88. The molecule has 6 nitrogen and oxygen atoms in total. The van der Waals surface area contributed by atoms with E-state index >= 15 is 0 Å². The number of phenolic OH excluding ortho intramolecular Hbond substituents is 3. The van der Waals surface area contributed by atoms with Crippen LogP contribution < -0.4 is 10.2 Å². The van der Waals surface area contributed by atoms with Crippen molar-refractivity contribution in [1.82, 2.24) is 0 Å². The van der Waals surface area contributed by atoms with Gasteiger partial charge in [0.25, 0.3) is 0 Å². The zero-order valence-electron chi connectivity index (χ0n) is 13.7. The third-order valence-corrected chi connectivity index (χ3v) is 3.80. The van der Waals surface area contributed by atoms with Crippen LogP contribution in [-0.4, -0.2) is 22.4 Å². The summed E-state index contributed by atoms with van der Waals surface area (Å²) < 4.78 is 10.8. The molecule has 0 saturated carbocycles. The van der Waals surface area contributed by atoms with Crippen LogP contribution in [0.25, 0.3) is 28.0 Å². The van der Waals surface area contributed by atoms with E-state index in [1.165, 1.54) is 25.3 Å². The number of allylic oxidation sites excluding steroid dienone is 2. The predicted molar refractivity (Wildman–Crippen MR) is 95.4 cm³/mol. The molecule has 0 radical (unpaired) electrons. The lowest BCUT2D eigenvalue weighted by atomic mass is 10.0. The zero-order chi connectivity index (χ0) is 18.3. The van der Waals surface area contributed by atoms with Gasteiger partial charge in [-0.05, 0) is 25.1 Å². The molecule has 0 aliphatic rings. The second kappa shape index (κ2) is 5.90. The molecule has 2 aromatic carbocycles. The minimum Gasteiger partial charge on any atom is -0.507 e. The minimum atomic E-state index is -0.658. The summed E-state index contributed by atoms with van der Waals surface area (Å²) in [5.41, 5.74) is 0.234. The number of methoxy groups -OCH3 is 1. The Morgan fingerprint density at radius 3 is 2.52 bits per heavy atom. The van der Waals surface area contributed by atoms with Crippen molar-refractivity contribution in [2.24, 2.45) is 0 Å². The Bertz CT molecular complexity index is 1100. The van der Waals surface area contributed by atoms with Crippen LogP contribution in [0.3, 0.4) is 0 Å². The van der Waals surface area contributed by atoms with Crippen molar-refractivity contribution in [2.75, 3.05) is 7.11 Å². The van der Waals surface area contributed by atoms with Gasteiger partial charge in [-0.25, -0.2) is 0 Å². The van der Waals surface area contributed by atoms with Crippen LogP contribution in [0.2, 0.25) is 0 Å². The summed E-state index contributed by atoms with van der Waals surface area (Å²) in [7, 11) is 1.42. The van der Waals surface area contributed by atoms with Gasteiger partial charge < -0.3 is 24.5 Å². The van der Waals surface area contributed by atoms with Gasteiger partial charge in [-0.1, -0.05) is 18.2 Å². The molecule has 128 valence electrons. The fourth-order valence-corrected chi connectivity index (χ4v) is 2.61. The molecule has 1 heterocycles. The summed E-state index contributed by atoms with van der Waals surface area (Å²) in [4.78, 5) is 12.8. The van der Waals surface area contributed by atoms with Crippen molar-refractivity contribution in [3.8, 4) is 23.0 Å². The number of benzene rings is 2. The maximum absolute atomic E-state index is 12.8. The van der Waals surface area contributed by atoms with Crippen molar-refractivity contribution >= 4 is 28.0 Å². The van der Waals surface area contributed by atoms with E-state index in [0.29, 0.717) is 0 Å². The van der Waals surface area contributed by atoms with E-state index in [0.717, 1.165) is 5.57 Å². The highest BCUT2D eigenvalue weighted by Gasteiger charge is 2.21. The van der Waals surface area contributed by atoms with Gasteiger partial charge in [0, 0.05) is 6.07 Å². The van der Waals surface area contributed by atoms with Gasteiger partial charge in [0.1, 0.15) is 33.6 Å². The molecule has 0 amide bonds. The van der Waals surface area contributed by atoms with Crippen LogP contribution in [0.1, 0.15) is 12.5 Å². The Hall–Kier alpha value is -3.41. The Morgan fingerprint density at radius 2 is 1.88 bits per heavy atom. The molecule has 0 unspecified atom stereocenters. The first-order valence-electron chi connectivity index (χ1n) is 7.40. The molecular weight excluding hydrogens is 324 g/mol. The molecule has 3 N–H and O–H groups in total. The smallest absolute Gasteiger partial charge is 0.208 e. The topological polar surface area (TPSA) is 100 Å². The average molecular weight is 340 g/mol. The summed E-state index contributed by atoms with van der Waals surface area (Å²) in [5, 5.41) is 30.2. The number of aromatic hydroxyl groups is 3. The van der Waals surface area contributed by atoms with Crippen molar-refractivity contribution in [3.05, 3.63) is 52.2 Å². The van der Waals surface area contributed by atoms with Gasteiger partial charge in [0.2, 0.25) is 5.43 Å². The maximum Gasteiger partial charge on any atom is 0.208 e. The van der Waals surface area contributed by atoms with Gasteiger partial charge in [-0.15, -0.1) is 0 Å². The lowest BCUT2D eigenvalue weighted by molar-refractivity contribution is 0.406. The van der Waals surface area contributed by atoms with Gasteiger partial charge in [0.15, 0.2) is 11.3 Å². The van der Waals surface area contributed by atoms with Crippen LogP contribution in [0, 0.1) is 0 Å². The summed E-state index contributed by atoms with van der Waals surface area (Å²) in [5.74, 6) is -0.705. The van der Waals surface area contributed by atoms with Gasteiger partial charge in [-0.2, -0.15) is 0 Å². The van der Waals surface area contributed by atoms with E-state index in [9.17, 15) is 20.1 Å². The molecule has 0 atom stereocenters. The first kappa shape index (κ1) is 16.4. The van der Waals surface area contributed by atoms with Gasteiger partial charge in [-0.3, -0.25) is 4.79 Å². The second-order valence-corrected chi connectivity index (χ2v) is 5.63. The molecule has 0 spiro atoms. The highest BCUT2D eigenvalue weighted by Crippen LogP contribution is 2.39. The van der Waals surface area contributed by atoms with E-state index in [1.54, 1.807) is 19.1 Å². The van der Waals surface area contributed by atoms with Crippen molar-refractivity contribution in [3.63, 3.8) is 0 Å². The quantitative estimate of drug-likeness (QED) is 0.382. The predicted octanol–water partition coefficient (Wildman–Crippen LogP) is 3.66. The summed E-state index contributed by atoms with van der Waals surface area (Å²) in [6, 6.07) is 3.84. The maximum atomic E-state index is 12.8. The van der Waals surface area contributed by atoms with Crippen LogP contribution in [0.5, 0.6) is 23.0 Å².